The minimum atomic E-state index is 0.113. The molecule has 17 heavy (non-hydrogen) atoms. The molecule has 1 aliphatic carbocycles. The monoisotopic (exact) mass is 232 g/mol. The van der Waals surface area contributed by atoms with Gasteiger partial charge in [-0.05, 0) is 36.5 Å². The molecule has 3 heteroatoms. The molecule has 0 aliphatic heterocycles. The SMILES string of the molecule is Nc1ccc(CC(=O)NCC2CCCC2)cc1. The van der Waals surface area contributed by atoms with Crippen molar-refractivity contribution in [2.24, 2.45) is 5.92 Å². The Morgan fingerprint density at radius 3 is 2.53 bits per heavy atom. The molecule has 0 bridgehead atoms. The number of hydrogen-bond donors (Lipinski definition) is 2. The van der Waals surface area contributed by atoms with Gasteiger partial charge in [-0.25, -0.2) is 0 Å². The van der Waals surface area contributed by atoms with E-state index < -0.39 is 0 Å². The Morgan fingerprint density at radius 1 is 1.24 bits per heavy atom. The Kier molecular flexibility index (Phi) is 4.02. The van der Waals surface area contributed by atoms with Crippen LogP contribution in [0.1, 0.15) is 31.2 Å². The van der Waals surface area contributed by atoms with Gasteiger partial charge in [-0.1, -0.05) is 25.0 Å². The van der Waals surface area contributed by atoms with Crippen LogP contribution in [-0.2, 0) is 11.2 Å². The highest BCUT2D eigenvalue weighted by atomic mass is 16.1. The van der Waals surface area contributed by atoms with Gasteiger partial charge in [0.05, 0.1) is 6.42 Å². The second kappa shape index (κ2) is 5.71. The van der Waals surface area contributed by atoms with Gasteiger partial charge >= 0.3 is 0 Å². The Balaban J connectivity index is 1.74. The summed E-state index contributed by atoms with van der Waals surface area (Å²) in [5.74, 6) is 0.812. The average molecular weight is 232 g/mol. The molecule has 1 saturated carbocycles. The lowest BCUT2D eigenvalue weighted by Gasteiger charge is -2.10. The van der Waals surface area contributed by atoms with E-state index in [4.69, 9.17) is 5.73 Å². The first kappa shape index (κ1) is 12.0. The minimum Gasteiger partial charge on any atom is -0.399 e. The zero-order valence-electron chi connectivity index (χ0n) is 10.1. The van der Waals surface area contributed by atoms with Crippen LogP contribution in [0.15, 0.2) is 24.3 Å². The number of carbonyl (C=O) groups excluding carboxylic acids is 1. The van der Waals surface area contributed by atoms with Gasteiger partial charge < -0.3 is 11.1 Å². The van der Waals surface area contributed by atoms with Gasteiger partial charge in [-0.2, -0.15) is 0 Å². The summed E-state index contributed by atoms with van der Waals surface area (Å²) in [5.41, 5.74) is 7.35. The number of benzene rings is 1. The summed E-state index contributed by atoms with van der Waals surface area (Å²) in [5, 5.41) is 3.02. The van der Waals surface area contributed by atoms with Gasteiger partial charge in [0.1, 0.15) is 0 Å². The quantitative estimate of drug-likeness (QED) is 0.781. The van der Waals surface area contributed by atoms with Crippen molar-refractivity contribution in [1.82, 2.24) is 5.32 Å². The topological polar surface area (TPSA) is 55.1 Å². The van der Waals surface area contributed by atoms with Crippen molar-refractivity contribution in [3.63, 3.8) is 0 Å². The van der Waals surface area contributed by atoms with Gasteiger partial charge in [0.15, 0.2) is 0 Å². The molecule has 92 valence electrons. The highest BCUT2D eigenvalue weighted by Gasteiger charge is 2.15. The largest absolute Gasteiger partial charge is 0.399 e. The van der Waals surface area contributed by atoms with Crippen LogP contribution in [-0.4, -0.2) is 12.5 Å². The molecular formula is C14H20N2O. The van der Waals surface area contributed by atoms with E-state index in [1.165, 1.54) is 25.7 Å². The van der Waals surface area contributed by atoms with Gasteiger partial charge in [0.2, 0.25) is 5.91 Å². The van der Waals surface area contributed by atoms with E-state index in [1.54, 1.807) is 0 Å². The van der Waals surface area contributed by atoms with Crippen molar-refractivity contribution >= 4 is 11.6 Å². The van der Waals surface area contributed by atoms with E-state index in [1.807, 2.05) is 24.3 Å². The third kappa shape index (κ3) is 3.77. The molecule has 1 aromatic rings. The lowest BCUT2D eigenvalue weighted by atomic mass is 10.1. The van der Waals surface area contributed by atoms with Crippen molar-refractivity contribution in [3.8, 4) is 0 Å². The molecule has 0 spiro atoms. The maximum Gasteiger partial charge on any atom is 0.224 e. The Labute approximate surface area is 102 Å². The number of nitrogen functional groups attached to an aromatic ring is 1. The maximum absolute atomic E-state index is 11.7. The predicted octanol–water partition coefficient (Wildman–Crippen LogP) is 2.12. The molecule has 1 aromatic carbocycles. The summed E-state index contributed by atoms with van der Waals surface area (Å²) >= 11 is 0. The number of rotatable bonds is 4. The van der Waals surface area contributed by atoms with E-state index in [0.29, 0.717) is 12.3 Å². The lowest BCUT2D eigenvalue weighted by molar-refractivity contribution is -0.120. The van der Waals surface area contributed by atoms with Crippen LogP contribution in [0, 0.1) is 5.92 Å². The zero-order valence-corrected chi connectivity index (χ0v) is 10.1. The summed E-state index contributed by atoms with van der Waals surface area (Å²) in [6.07, 6.45) is 5.62. The predicted molar refractivity (Wildman–Crippen MR) is 69.5 cm³/mol. The van der Waals surface area contributed by atoms with Crippen molar-refractivity contribution in [1.29, 1.82) is 0 Å². The standard InChI is InChI=1S/C14H20N2O/c15-13-7-5-11(6-8-13)9-14(17)16-10-12-3-1-2-4-12/h5-8,12H,1-4,9-10,15H2,(H,16,17). The Bertz CT molecular complexity index is 366. The summed E-state index contributed by atoms with van der Waals surface area (Å²) < 4.78 is 0. The van der Waals surface area contributed by atoms with E-state index in [-0.39, 0.29) is 5.91 Å². The number of anilines is 1. The fraction of sp³-hybridized carbons (Fsp3) is 0.500. The van der Waals surface area contributed by atoms with Crippen LogP contribution in [0.3, 0.4) is 0 Å². The van der Waals surface area contributed by atoms with Crippen LogP contribution in [0.2, 0.25) is 0 Å². The van der Waals surface area contributed by atoms with Crippen LogP contribution < -0.4 is 11.1 Å². The smallest absolute Gasteiger partial charge is 0.224 e. The zero-order chi connectivity index (χ0) is 12.1. The van der Waals surface area contributed by atoms with Crippen LogP contribution in [0.25, 0.3) is 0 Å². The first-order chi connectivity index (χ1) is 8.24. The van der Waals surface area contributed by atoms with E-state index in [2.05, 4.69) is 5.32 Å². The van der Waals surface area contributed by atoms with Gasteiger partial charge in [-0.3, -0.25) is 4.79 Å². The third-order valence-corrected chi connectivity index (χ3v) is 3.41. The highest BCUT2D eigenvalue weighted by Crippen LogP contribution is 2.23. The number of nitrogens with one attached hydrogen (secondary N) is 1. The summed E-state index contributed by atoms with van der Waals surface area (Å²) in [7, 11) is 0. The van der Waals surface area contributed by atoms with Gasteiger partial charge in [0.25, 0.3) is 0 Å². The lowest BCUT2D eigenvalue weighted by Crippen LogP contribution is -2.29. The van der Waals surface area contributed by atoms with Gasteiger partial charge in [0, 0.05) is 12.2 Å². The second-order valence-electron chi connectivity index (χ2n) is 4.87. The van der Waals surface area contributed by atoms with E-state index >= 15 is 0 Å². The van der Waals surface area contributed by atoms with Crippen molar-refractivity contribution in [3.05, 3.63) is 29.8 Å². The third-order valence-electron chi connectivity index (χ3n) is 3.41. The molecule has 1 amide bonds. The molecule has 2 rings (SSSR count). The summed E-state index contributed by atoms with van der Waals surface area (Å²) in [6.45, 7) is 0.841. The van der Waals surface area contributed by atoms with Gasteiger partial charge in [-0.15, -0.1) is 0 Å². The molecule has 0 saturated heterocycles. The normalized spacial score (nSPS) is 16.0. The molecule has 0 unspecified atom stereocenters. The second-order valence-corrected chi connectivity index (χ2v) is 4.87. The summed E-state index contributed by atoms with van der Waals surface area (Å²) in [4.78, 5) is 11.7. The van der Waals surface area contributed by atoms with Crippen molar-refractivity contribution < 1.29 is 4.79 Å². The number of amides is 1. The van der Waals surface area contributed by atoms with Crippen LogP contribution in [0.4, 0.5) is 5.69 Å². The van der Waals surface area contributed by atoms with Crippen LogP contribution >= 0.6 is 0 Å². The molecule has 0 atom stereocenters. The number of carbonyl (C=O) groups is 1. The maximum atomic E-state index is 11.7. The fourth-order valence-corrected chi connectivity index (χ4v) is 2.36. The van der Waals surface area contributed by atoms with E-state index in [9.17, 15) is 4.79 Å². The molecule has 3 N–H and O–H groups in total. The van der Waals surface area contributed by atoms with Crippen LogP contribution in [0.5, 0.6) is 0 Å². The van der Waals surface area contributed by atoms with E-state index in [0.717, 1.165) is 17.8 Å². The summed E-state index contributed by atoms with van der Waals surface area (Å²) in [6, 6.07) is 7.48. The van der Waals surface area contributed by atoms with Crippen molar-refractivity contribution in [2.45, 2.75) is 32.1 Å². The molecule has 3 nitrogen and oxygen atoms in total. The van der Waals surface area contributed by atoms with Crippen molar-refractivity contribution in [2.75, 3.05) is 12.3 Å². The first-order valence-electron chi connectivity index (χ1n) is 6.35. The minimum absolute atomic E-state index is 0.113. The number of hydrogen-bond acceptors (Lipinski definition) is 2. The molecule has 0 aromatic heterocycles. The molecule has 0 radical (unpaired) electrons. The highest BCUT2D eigenvalue weighted by molar-refractivity contribution is 5.78. The molecule has 1 aliphatic rings. The molecule has 0 heterocycles. The Morgan fingerprint density at radius 2 is 1.88 bits per heavy atom. The molecule has 1 fully saturated rings. The molecular weight excluding hydrogens is 212 g/mol. The number of nitrogens with two attached hydrogens (primary N) is 1. The average Bonchev–Trinajstić information content (AvgIpc) is 2.83. The fourth-order valence-electron chi connectivity index (χ4n) is 2.36. The first-order valence-corrected chi connectivity index (χ1v) is 6.35. The Hall–Kier alpha value is -1.51.